The molecule has 1 fully saturated rings. The quantitative estimate of drug-likeness (QED) is 0.586. The van der Waals surface area contributed by atoms with Crippen molar-refractivity contribution in [2.75, 3.05) is 19.7 Å². The summed E-state index contributed by atoms with van der Waals surface area (Å²) in [6, 6.07) is 19.3. The summed E-state index contributed by atoms with van der Waals surface area (Å²) in [4.78, 5) is 2.57. The number of hydrogen-bond donors (Lipinski definition) is 1. The molecular formula is C25H33N3O. The van der Waals surface area contributed by atoms with Gasteiger partial charge in [-0.3, -0.25) is 4.90 Å². The molecule has 0 spiro atoms. The number of ether oxygens (including phenoxy) is 1. The molecule has 0 bridgehead atoms. The summed E-state index contributed by atoms with van der Waals surface area (Å²) >= 11 is 0. The summed E-state index contributed by atoms with van der Waals surface area (Å²) in [7, 11) is 0. The van der Waals surface area contributed by atoms with Gasteiger partial charge in [0.2, 0.25) is 0 Å². The Morgan fingerprint density at radius 1 is 1.03 bits per heavy atom. The molecule has 2 aromatic carbocycles. The molecule has 4 nitrogen and oxygen atoms in total. The minimum absolute atomic E-state index is 0.539. The molecule has 0 aliphatic carbocycles. The molecule has 4 heteroatoms. The van der Waals surface area contributed by atoms with Crippen LogP contribution in [0, 0.1) is 17.2 Å². The van der Waals surface area contributed by atoms with Crippen molar-refractivity contribution in [1.82, 2.24) is 10.2 Å². The van der Waals surface area contributed by atoms with Gasteiger partial charge in [-0.1, -0.05) is 43.3 Å². The van der Waals surface area contributed by atoms with Crippen LogP contribution >= 0.6 is 0 Å². The Hall–Kier alpha value is -2.35. The molecular weight excluding hydrogens is 358 g/mol. The summed E-state index contributed by atoms with van der Waals surface area (Å²) in [6.07, 6.45) is 3.96. The first-order valence-corrected chi connectivity index (χ1v) is 10.8. The Labute approximate surface area is 175 Å². The predicted octanol–water partition coefficient (Wildman–Crippen LogP) is 4.89. The second-order valence-corrected chi connectivity index (χ2v) is 8.14. The number of nitrogens with one attached hydrogen (secondary N) is 1. The Morgan fingerprint density at radius 2 is 1.76 bits per heavy atom. The van der Waals surface area contributed by atoms with Gasteiger partial charge in [-0.25, -0.2) is 0 Å². The molecule has 1 N–H and O–H groups in total. The molecule has 0 atom stereocenters. The summed E-state index contributed by atoms with van der Waals surface area (Å²) in [5, 5.41) is 12.1. The van der Waals surface area contributed by atoms with E-state index in [1.54, 1.807) is 0 Å². The van der Waals surface area contributed by atoms with Crippen LogP contribution in [-0.4, -0.2) is 24.6 Å². The molecule has 0 saturated carbocycles. The standard InChI is InChI=1S/C25H33N3O/c1-21-11-14-28(15-12-21)20-23-9-7-22(8-10-23)18-27-19-24-5-4-6-25(17-24)29-16-3-2-13-26/h4-10,17,21,27H,2-3,11-12,14-16,18-20H2,1H3. The maximum Gasteiger partial charge on any atom is 0.119 e. The lowest BCUT2D eigenvalue weighted by molar-refractivity contribution is 0.185. The van der Waals surface area contributed by atoms with E-state index in [1.807, 2.05) is 12.1 Å². The van der Waals surface area contributed by atoms with Crippen LogP contribution in [0.4, 0.5) is 0 Å². The van der Waals surface area contributed by atoms with Crippen LogP contribution in [0.2, 0.25) is 0 Å². The van der Waals surface area contributed by atoms with Gasteiger partial charge in [-0.15, -0.1) is 0 Å². The fourth-order valence-electron chi connectivity index (χ4n) is 3.68. The van der Waals surface area contributed by atoms with Crippen LogP contribution < -0.4 is 10.1 Å². The van der Waals surface area contributed by atoms with Crippen LogP contribution in [0.15, 0.2) is 48.5 Å². The predicted molar refractivity (Wildman–Crippen MR) is 117 cm³/mol. The molecule has 0 aromatic heterocycles. The van der Waals surface area contributed by atoms with E-state index in [0.717, 1.165) is 37.7 Å². The Kier molecular flexibility index (Phi) is 8.55. The molecule has 1 aliphatic rings. The highest BCUT2D eigenvalue weighted by atomic mass is 16.5. The first-order valence-electron chi connectivity index (χ1n) is 10.8. The van der Waals surface area contributed by atoms with Gasteiger partial charge in [-0.2, -0.15) is 5.26 Å². The van der Waals surface area contributed by atoms with E-state index in [4.69, 9.17) is 10.00 Å². The van der Waals surface area contributed by atoms with Crippen LogP contribution in [0.25, 0.3) is 0 Å². The van der Waals surface area contributed by atoms with E-state index in [9.17, 15) is 0 Å². The van der Waals surface area contributed by atoms with Gasteiger partial charge in [0.25, 0.3) is 0 Å². The number of nitrogens with zero attached hydrogens (tertiary/aromatic N) is 2. The zero-order valence-electron chi connectivity index (χ0n) is 17.6. The smallest absolute Gasteiger partial charge is 0.119 e. The number of benzene rings is 2. The van der Waals surface area contributed by atoms with Crippen molar-refractivity contribution in [1.29, 1.82) is 5.26 Å². The van der Waals surface area contributed by atoms with Gasteiger partial charge in [0.05, 0.1) is 12.7 Å². The van der Waals surface area contributed by atoms with Crippen LogP contribution in [-0.2, 0) is 19.6 Å². The third-order valence-corrected chi connectivity index (χ3v) is 5.56. The third-order valence-electron chi connectivity index (χ3n) is 5.56. The zero-order chi connectivity index (χ0) is 20.3. The van der Waals surface area contributed by atoms with E-state index < -0.39 is 0 Å². The van der Waals surface area contributed by atoms with Crippen molar-refractivity contribution in [3.63, 3.8) is 0 Å². The highest BCUT2D eigenvalue weighted by molar-refractivity contribution is 5.28. The number of piperidine rings is 1. The topological polar surface area (TPSA) is 48.3 Å². The average molecular weight is 392 g/mol. The second-order valence-electron chi connectivity index (χ2n) is 8.14. The monoisotopic (exact) mass is 391 g/mol. The highest BCUT2D eigenvalue weighted by Crippen LogP contribution is 2.18. The lowest BCUT2D eigenvalue weighted by atomic mass is 9.99. The van der Waals surface area contributed by atoms with E-state index in [0.29, 0.717) is 13.0 Å². The van der Waals surface area contributed by atoms with Crippen LogP contribution in [0.5, 0.6) is 5.75 Å². The summed E-state index contributed by atoms with van der Waals surface area (Å²) in [5.41, 5.74) is 3.92. The SMILES string of the molecule is CC1CCN(Cc2ccc(CNCc3cccc(OCCCC#N)c3)cc2)CC1. The van der Waals surface area contributed by atoms with Gasteiger partial charge >= 0.3 is 0 Å². The van der Waals surface area contributed by atoms with E-state index in [-0.39, 0.29) is 0 Å². The Balaban J connectivity index is 1.39. The summed E-state index contributed by atoms with van der Waals surface area (Å²) in [5.74, 6) is 1.76. The molecule has 154 valence electrons. The molecule has 0 amide bonds. The average Bonchev–Trinajstić information content (AvgIpc) is 2.74. The number of unbranched alkanes of at least 4 members (excludes halogenated alkanes) is 1. The molecule has 0 unspecified atom stereocenters. The van der Waals surface area contributed by atoms with Crippen molar-refractivity contribution in [2.45, 2.75) is 52.2 Å². The van der Waals surface area contributed by atoms with Gasteiger partial charge in [0.15, 0.2) is 0 Å². The van der Waals surface area contributed by atoms with E-state index in [2.05, 4.69) is 59.6 Å². The summed E-state index contributed by atoms with van der Waals surface area (Å²) < 4.78 is 5.71. The molecule has 0 radical (unpaired) electrons. The van der Waals surface area contributed by atoms with E-state index >= 15 is 0 Å². The van der Waals surface area contributed by atoms with Gasteiger partial charge in [-0.05, 0) is 67.1 Å². The van der Waals surface area contributed by atoms with Crippen molar-refractivity contribution in [2.24, 2.45) is 5.92 Å². The van der Waals surface area contributed by atoms with Crippen molar-refractivity contribution in [3.05, 3.63) is 65.2 Å². The molecule has 2 aromatic rings. The lowest BCUT2D eigenvalue weighted by Crippen LogP contribution is -2.32. The summed E-state index contributed by atoms with van der Waals surface area (Å²) in [6.45, 7) is 8.14. The zero-order valence-corrected chi connectivity index (χ0v) is 17.6. The molecule has 29 heavy (non-hydrogen) atoms. The normalized spacial score (nSPS) is 15.2. The Bertz CT molecular complexity index is 773. The number of nitriles is 1. The van der Waals surface area contributed by atoms with Crippen LogP contribution in [0.1, 0.15) is 49.3 Å². The lowest BCUT2D eigenvalue weighted by Gasteiger charge is -2.30. The fourth-order valence-corrected chi connectivity index (χ4v) is 3.68. The van der Waals surface area contributed by atoms with Gasteiger partial charge in [0, 0.05) is 26.1 Å². The van der Waals surface area contributed by atoms with Crippen molar-refractivity contribution >= 4 is 0 Å². The third kappa shape index (κ3) is 7.53. The Morgan fingerprint density at radius 3 is 2.52 bits per heavy atom. The van der Waals surface area contributed by atoms with E-state index in [1.165, 1.54) is 42.6 Å². The van der Waals surface area contributed by atoms with Gasteiger partial charge < -0.3 is 10.1 Å². The minimum Gasteiger partial charge on any atom is -0.494 e. The molecule has 1 saturated heterocycles. The van der Waals surface area contributed by atoms with Crippen molar-refractivity contribution in [3.8, 4) is 11.8 Å². The number of likely N-dealkylation sites (tertiary alicyclic amines) is 1. The highest BCUT2D eigenvalue weighted by Gasteiger charge is 2.15. The van der Waals surface area contributed by atoms with Crippen molar-refractivity contribution < 1.29 is 4.74 Å². The van der Waals surface area contributed by atoms with Gasteiger partial charge in [0.1, 0.15) is 5.75 Å². The first-order chi connectivity index (χ1) is 14.2. The fraction of sp³-hybridized carbons (Fsp3) is 0.480. The number of hydrogen-bond acceptors (Lipinski definition) is 4. The molecule has 1 aliphatic heterocycles. The number of rotatable bonds is 10. The first kappa shape index (κ1) is 21.4. The second kappa shape index (κ2) is 11.6. The maximum absolute atomic E-state index is 8.58. The largest absolute Gasteiger partial charge is 0.494 e. The molecule has 3 rings (SSSR count). The maximum atomic E-state index is 8.58. The minimum atomic E-state index is 0.539. The molecule has 1 heterocycles. The van der Waals surface area contributed by atoms with Crippen LogP contribution in [0.3, 0.4) is 0 Å².